The van der Waals surface area contributed by atoms with Crippen LogP contribution < -0.4 is 10.6 Å². The van der Waals surface area contributed by atoms with Gasteiger partial charge in [-0.3, -0.25) is 4.79 Å². The van der Waals surface area contributed by atoms with Crippen molar-refractivity contribution in [3.05, 3.63) is 64.5 Å². The average Bonchev–Trinajstić information content (AvgIpc) is 2.63. The van der Waals surface area contributed by atoms with E-state index in [-0.39, 0.29) is 23.3 Å². The number of carbonyl (C=O) groups is 1. The zero-order valence-corrected chi connectivity index (χ0v) is 14.2. The summed E-state index contributed by atoms with van der Waals surface area (Å²) in [6.07, 6.45) is 1.62. The van der Waals surface area contributed by atoms with Gasteiger partial charge in [-0.15, -0.1) is 0 Å². The normalized spacial score (nSPS) is 14.8. The van der Waals surface area contributed by atoms with Gasteiger partial charge in [0.1, 0.15) is 5.82 Å². The Balaban J connectivity index is 1.76. The minimum atomic E-state index is -0.326. The van der Waals surface area contributed by atoms with E-state index in [0.717, 1.165) is 24.1 Å². The lowest BCUT2D eigenvalue weighted by atomic mass is 9.97. The van der Waals surface area contributed by atoms with E-state index in [2.05, 4.69) is 17.6 Å². The number of amides is 1. The molecule has 0 aromatic heterocycles. The Morgan fingerprint density at radius 1 is 1.25 bits per heavy atom. The molecule has 0 saturated carbocycles. The molecule has 1 unspecified atom stereocenters. The van der Waals surface area contributed by atoms with Gasteiger partial charge in [0.2, 0.25) is 5.91 Å². The van der Waals surface area contributed by atoms with E-state index in [9.17, 15) is 9.18 Å². The van der Waals surface area contributed by atoms with Crippen molar-refractivity contribution in [1.82, 2.24) is 5.32 Å². The summed E-state index contributed by atoms with van der Waals surface area (Å²) in [7, 11) is 0. The third kappa shape index (κ3) is 3.34. The number of halogens is 1. The lowest BCUT2D eigenvalue weighted by Crippen LogP contribution is -2.26. The minimum Gasteiger partial charge on any atom is -0.323 e. The summed E-state index contributed by atoms with van der Waals surface area (Å²) in [5.41, 5.74) is 4.14. The first-order valence-corrected chi connectivity index (χ1v) is 8.50. The van der Waals surface area contributed by atoms with Crippen LogP contribution in [0.25, 0.3) is 0 Å². The molecule has 0 fully saturated rings. The predicted octanol–water partition coefficient (Wildman–Crippen LogP) is 3.78. The maximum Gasteiger partial charge on any atom is 0.231 e. The maximum absolute atomic E-state index is 14.6. The molecule has 1 aliphatic heterocycles. The summed E-state index contributed by atoms with van der Waals surface area (Å²) in [6, 6.07) is 11.6. The molecule has 2 aromatic carbocycles. The summed E-state index contributed by atoms with van der Waals surface area (Å²) in [5, 5.41) is 5.98. The highest BCUT2D eigenvalue weighted by Crippen LogP contribution is 2.26. The number of hydrogen-bond donors (Lipinski definition) is 2. The molecule has 24 heavy (non-hydrogen) atoms. The zero-order chi connectivity index (χ0) is 17.1. The van der Waals surface area contributed by atoms with E-state index in [1.807, 2.05) is 37.3 Å². The molecule has 3 nitrogen and oxygen atoms in total. The van der Waals surface area contributed by atoms with Crippen LogP contribution in [0.3, 0.4) is 0 Å². The number of carbonyl (C=O) groups excluding carboxylic acids is 1. The largest absolute Gasteiger partial charge is 0.323 e. The molecule has 1 amide bonds. The van der Waals surface area contributed by atoms with Crippen LogP contribution in [-0.4, -0.2) is 12.5 Å². The first-order chi connectivity index (χ1) is 11.6. The highest BCUT2D eigenvalue weighted by atomic mass is 19.1. The van der Waals surface area contributed by atoms with Crippen LogP contribution in [0.15, 0.2) is 36.4 Å². The molecule has 3 rings (SSSR count). The number of benzene rings is 2. The third-order valence-corrected chi connectivity index (χ3v) is 4.75. The Kier molecular flexibility index (Phi) is 4.95. The second kappa shape index (κ2) is 7.14. The summed E-state index contributed by atoms with van der Waals surface area (Å²) in [5.74, 6) is -0.809. The average molecular weight is 326 g/mol. The maximum atomic E-state index is 14.6. The number of rotatable bonds is 4. The van der Waals surface area contributed by atoms with Gasteiger partial charge in [0.25, 0.3) is 0 Å². The van der Waals surface area contributed by atoms with Crippen LogP contribution in [0, 0.1) is 5.82 Å². The van der Waals surface area contributed by atoms with Crippen LogP contribution in [0.1, 0.15) is 42.0 Å². The Labute approximate surface area is 142 Å². The topological polar surface area (TPSA) is 41.1 Å². The summed E-state index contributed by atoms with van der Waals surface area (Å²) < 4.78 is 14.6. The van der Waals surface area contributed by atoms with Crippen molar-refractivity contribution in [2.45, 2.75) is 39.2 Å². The third-order valence-electron chi connectivity index (χ3n) is 4.75. The molecule has 126 valence electrons. The quantitative estimate of drug-likeness (QED) is 0.898. The van der Waals surface area contributed by atoms with E-state index in [1.165, 1.54) is 5.56 Å². The SMILES string of the molecule is CCc1ccc(C(C)C(=O)Nc2ccc3c(c2F)CCNC3)cc1. The van der Waals surface area contributed by atoms with Crippen LogP contribution in [0.5, 0.6) is 0 Å². The van der Waals surface area contributed by atoms with Crippen molar-refractivity contribution in [2.75, 3.05) is 11.9 Å². The standard InChI is InChI=1S/C20H23FN2O/c1-3-14-4-6-15(7-5-14)13(2)20(24)23-18-9-8-16-12-22-11-10-17(16)19(18)21/h4-9,13,22H,3,10-12H2,1-2H3,(H,23,24). The Morgan fingerprint density at radius 3 is 2.71 bits per heavy atom. The molecule has 2 aromatic rings. The zero-order valence-electron chi connectivity index (χ0n) is 14.2. The van der Waals surface area contributed by atoms with Gasteiger partial charge in [-0.05, 0) is 54.6 Å². The predicted molar refractivity (Wildman–Crippen MR) is 94.7 cm³/mol. The van der Waals surface area contributed by atoms with Crippen LogP contribution in [0.2, 0.25) is 0 Å². The van der Waals surface area contributed by atoms with Gasteiger partial charge in [-0.1, -0.05) is 37.3 Å². The van der Waals surface area contributed by atoms with Gasteiger partial charge in [0.05, 0.1) is 11.6 Å². The van der Waals surface area contributed by atoms with Crippen LogP contribution >= 0.6 is 0 Å². The monoisotopic (exact) mass is 326 g/mol. The Bertz CT molecular complexity index is 740. The minimum absolute atomic E-state index is 0.188. The smallest absolute Gasteiger partial charge is 0.231 e. The fourth-order valence-corrected chi connectivity index (χ4v) is 3.06. The second-order valence-electron chi connectivity index (χ2n) is 6.30. The molecule has 2 N–H and O–H groups in total. The fraction of sp³-hybridized carbons (Fsp3) is 0.350. The van der Waals surface area contributed by atoms with E-state index in [4.69, 9.17) is 0 Å². The molecule has 0 bridgehead atoms. The highest BCUT2D eigenvalue weighted by Gasteiger charge is 2.20. The van der Waals surface area contributed by atoms with Crippen molar-refractivity contribution in [3.8, 4) is 0 Å². The van der Waals surface area contributed by atoms with Gasteiger partial charge in [-0.2, -0.15) is 0 Å². The van der Waals surface area contributed by atoms with Crippen molar-refractivity contribution >= 4 is 11.6 Å². The van der Waals surface area contributed by atoms with Gasteiger partial charge >= 0.3 is 0 Å². The van der Waals surface area contributed by atoms with Gasteiger partial charge in [-0.25, -0.2) is 4.39 Å². The molecule has 1 atom stereocenters. The van der Waals surface area contributed by atoms with E-state index < -0.39 is 0 Å². The van der Waals surface area contributed by atoms with Crippen LogP contribution in [-0.2, 0) is 24.2 Å². The second-order valence-corrected chi connectivity index (χ2v) is 6.30. The molecule has 1 aliphatic rings. The van der Waals surface area contributed by atoms with Crippen molar-refractivity contribution in [1.29, 1.82) is 0 Å². The number of aryl methyl sites for hydroxylation is 1. The lowest BCUT2D eigenvalue weighted by molar-refractivity contribution is -0.117. The summed E-state index contributed by atoms with van der Waals surface area (Å²) in [6.45, 7) is 5.39. The molecule has 0 spiro atoms. The van der Waals surface area contributed by atoms with Crippen LogP contribution in [0.4, 0.5) is 10.1 Å². The Morgan fingerprint density at radius 2 is 2.00 bits per heavy atom. The number of anilines is 1. The van der Waals surface area contributed by atoms with Crippen molar-refractivity contribution < 1.29 is 9.18 Å². The lowest BCUT2D eigenvalue weighted by Gasteiger charge is -2.20. The highest BCUT2D eigenvalue weighted by molar-refractivity contribution is 5.95. The van der Waals surface area contributed by atoms with E-state index >= 15 is 0 Å². The number of hydrogen-bond acceptors (Lipinski definition) is 2. The first-order valence-electron chi connectivity index (χ1n) is 8.50. The van der Waals surface area contributed by atoms with Crippen molar-refractivity contribution in [2.24, 2.45) is 0 Å². The van der Waals surface area contributed by atoms with E-state index in [1.54, 1.807) is 6.07 Å². The number of nitrogens with one attached hydrogen (secondary N) is 2. The first kappa shape index (κ1) is 16.7. The fourth-order valence-electron chi connectivity index (χ4n) is 3.06. The van der Waals surface area contributed by atoms with Crippen molar-refractivity contribution in [3.63, 3.8) is 0 Å². The molecular formula is C20H23FN2O. The van der Waals surface area contributed by atoms with Gasteiger partial charge in [0.15, 0.2) is 0 Å². The Hall–Kier alpha value is -2.20. The van der Waals surface area contributed by atoms with Gasteiger partial charge < -0.3 is 10.6 Å². The van der Waals surface area contributed by atoms with Gasteiger partial charge in [0, 0.05) is 6.54 Å². The molecule has 1 heterocycles. The number of fused-ring (bicyclic) bond motifs is 1. The molecule has 0 radical (unpaired) electrons. The molecule has 0 saturated heterocycles. The summed E-state index contributed by atoms with van der Waals surface area (Å²) in [4.78, 5) is 12.5. The molecular weight excluding hydrogens is 303 g/mol. The molecule has 0 aliphatic carbocycles. The summed E-state index contributed by atoms with van der Waals surface area (Å²) >= 11 is 0. The molecule has 4 heteroatoms. The van der Waals surface area contributed by atoms with E-state index in [0.29, 0.717) is 18.5 Å².